The molecule has 136 valence electrons. The van der Waals surface area contributed by atoms with Crippen LogP contribution in [-0.4, -0.2) is 36.5 Å². The number of rotatable bonds is 6. The van der Waals surface area contributed by atoms with E-state index in [1.54, 1.807) is 30.1 Å². The zero-order chi connectivity index (χ0) is 19.0. The second kappa shape index (κ2) is 6.50. The third-order valence-electron chi connectivity index (χ3n) is 5.53. The number of nitrogens with one attached hydrogen (secondary N) is 1. The molecule has 6 heteroatoms. The van der Waals surface area contributed by atoms with Gasteiger partial charge in [-0.1, -0.05) is 13.8 Å². The number of carbonyl (C=O) groups is 3. The Morgan fingerprint density at radius 3 is 2.36 bits per heavy atom. The Hall–Kier alpha value is -2.37. The Labute approximate surface area is 148 Å². The molecule has 0 atom stereocenters. The highest BCUT2D eigenvalue weighted by atomic mass is 16.4. The van der Waals surface area contributed by atoms with Crippen LogP contribution in [0.15, 0.2) is 18.2 Å². The number of nitrogens with zero attached hydrogens (tertiary/aromatic N) is 1. The predicted molar refractivity (Wildman–Crippen MR) is 95.9 cm³/mol. The van der Waals surface area contributed by atoms with Gasteiger partial charge in [-0.05, 0) is 50.5 Å². The van der Waals surface area contributed by atoms with Crippen molar-refractivity contribution in [2.75, 3.05) is 18.5 Å². The number of amides is 2. The van der Waals surface area contributed by atoms with E-state index in [1.165, 1.54) is 0 Å². The molecular weight excluding hydrogens is 320 g/mol. The largest absolute Gasteiger partial charge is 0.481 e. The van der Waals surface area contributed by atoms with Crippen molar-refractivity contribution in [2.24, 2.45) is 5.41 Å². The van der Waals surface area contributed by atoms with E-state index in [-0.39, 0.29) is 18.4 Å². The Balaban J connectivity index is 2.24. The first kappa shape index (κ1) is 19.0. The molecule has 0 spiro atoms. The van der Waals surface area contributed by atoms with E-state index in [2.05, 4.69) is 5.32 Å². The molecule has 0 saturated heterocycles. The summed E-state index contributed by atoms with van der Waals surface area (Å²) >= 11 is 0. The van der Waals surface area contributed by atoms with Crippen molar-refractivity contribution >= 4 is 23.5 Å². The van der Waals surface area contributed by atoms with Gasteiger partial charge in [0.05, 0.1) is 10.8 Å². The lowest BCUT2D eigenvalue weighted by Crippen LogP contribution is -2.42. The van der Waals surface area contributed by atoms with Crippen LogP contribution in [0.25, 0.3) is 0 Å². The third-order valence-corrected chi connectivity index (χ3v) is 5.53. The maximum absolute atomic E-state index is 12.5. The average Bonchev–Trinajstić information content (AvgIpc) is 2.76. The van der Waals surface area contributed by atoms with E-state index < -0.39 is 16.8 Å². The molecule has 1 aromatic carbocycles. The minimum absolute atomic E-state index is 0.0121. The Bertz CT molecular complexity index is 720. The third kappa shape index (κ3) is 3.01. The highest BCUT2D eigenvalue weighted by Crippen LogP contribution is 2.41. The van der Waals surface area contributed by atoms with E-state index >= 15 is 0 Å². The SMILES string of the molecule is CCC(CC)(CNC(=O)c1ccc2c(c1)C(C)(C)C(=O)N2C)C(=O)O. The number of carboxylic acid groups (broad SMARTS) is 1. The lowest BCUT2D eigenvalue weighted by Gasteiger charge is -2.27. The molecule has 1 aliphatic rings. The number of fused-ring (bicyclic) bond motifs is 1. The molecular formula is C19H26N2O4. The van der Waals surface area contributed by atoms with Gasteiger partial charge >= 0.3 is 5.97 Å². The van der Waals surface area contributed by atoms with Crippen molar-refractivity contribution in [3.63, 3.8) is 0 Å². The molecule has 0 unspecified atom stereocenters. The van der Waals surface area contributed by atoms with Crippen LogP contribution in [0.5, 0.6) is 0 Å². The monoisotopic (exact) mass is 346 g/mol. The second-order valence-electron chi connectivity index (χ2n) is 7.20. The number of hydrogen-bond acceptors (Lipinski definition) is 3. The van der Waals surface area contributed by atoms with Crippen molar-refractivity contribution in [1.82, 2.24) is 5.32 Å². The fourth-order valence-corrected chi connectivity index (χ4v) is 3.34. The number of hydrogen-bond donors (Lipinski definition) is 2. The zero-order valence-corrected chi connectivity index (χ0v) is 15.5. The first-order valence-electron chi connectivity index (χ1n) is 8.55. The van der Waals surface area contributed by atoms with Crippen LogP contribution in [0, 0.1) is 5.41 Å². The van der Waals surface area contributed by atoms with E-state index in [9.17, 15) is 19.5 Å². The molecule has 6 nitrogen and oxygen atoms in total. The van der Waals surface area contributed by atoms with Crippen LogP contribution in [0.4, 0.5) is 5.69 Å². The van der Waals surface area contributed by atoms with Crippen molar-refractivity contribution in [1.29, 1.82) is 0 Å². The minimum Gasteiger partial charge on any atom is -0.481 e. The maximum atomic E-state index is 12.5. The van der Waals surface area contributed by atoms with Crippen LogP contribution in [0.3, 0.4) is 0 Å². The molecule has 0 fully saturated rings. The standard InChI is InChI=1S/C19H26N2O4/c1-6-19(7-2,17(24)25)11-20-15(22)12-8-9-14-13(10-12)18(3,4)16(23)21(14)5/h8-10H,6-7,11H2,1-5H3,(H,20,22)(H,24,25). The van der Waals surface area contributed by atoms with Gasteiger partial charge in [0.25, 0.3) is 5.91 Å². The molecule has 2 N–H and O–H groups in total. The summed E-state index contributed by atoms with van der Waals surface area (Å²) in [7, 11) is 1.72. The van der Waals surface area contributed by atoms with E-state index in [0.717, 1.165) is 11.3 Å². The molecule has 1 heterocycles. The first-order valence-corrected chi connectivity index (χ1v) is 8.55. The number of anilines is 1. The van der Waals surface area contributed by atoms with Gasteiger partial charge in [0.15, 0.2) is 0 Å². The van der Waals surface area contributed by atoms with Crippen molar-refractivity contribution < 1.29 is 19.5 Å². The van der Waals surface area contributed by atoms with E-state index in [0.29, 0.717) is 18.4 Å². The number of likely N-dealkylation sites (N-methyl/N-ethyl adjacent to an activating group) is 1. The lowest BCUT2D eigenvalue weighted by atomic mass is 9.82. The van der Waals surface area contributed by atoms with Gasteiger partial charge in [0.1, 0.15) is 0 Å². The molecule has 2 amide bonds. The van der Waals surface area contributed by atoms with E-state index in [1.807, 2.05) is 27.7 Å². The maximum Gasteiger partial charge on any atom is 0.311 e. The predicted octanol–water partition coefficient (Wildman–Crippen LogP) is 2.56. The van der Waals surface area contributed by atoms with Crippen molar-refractivity contribution in [3.8, 4) is 0 Å². The number of carbonyl (C=O) groups excluding carboxylic acids is 2. The Morgan fingerprint density at radius 2 is 1.84 bits per heavy atom. The van der Waals surface area contributed by atoms with Crippen molar-refractivity contribution in [2.45, 2.75) is 46.0 Å². The van der Waals surface area contributed by atoms with Crippen LogP contribution in [-0.2, 0) is 15.0 Å². The molecule has 0 aliphatic carbocycles. The smallest absolute Gasteiger partial charge is 0.311 e. The Morgan fingerprint density at radius 1 is 1.24 bits per heavy atom. The van der Waals surface area contributed by atoms with Gasteiger partial charge in [0, 0.05) is 24.8 Å². The summed E-state index contributed by atoms with van der Waals surface area (Å²) in [5, 5.41) is 12.2. The van der Waals surface area contributed by atoms with Gasteiger partial charge in [0.2, 0.25) is 5.91 Å². The van der Waals surface area contributed by atoms with Gasteiger partial charge < -0.3 is 15.3 Å². The highest BCUT2D eigenvalue weighted by Gasteiger charge is 2.42. The molecule has 25 heavy (non-hydrogen) atoms. The van der Waals surface area contributed by atoms with Gasteiger partial charge in [-0.3, -0.25) is 14.4 Å². The summed E-state index contributed by atoms with van der Waals surface area (Å²) in [5.74, 6) is -1.24. The average molecular weight is 346 g/mol. The Kier molecular flexibility index (Phi) is 4.93. The summed E-state index contributed by atoms with van der Waals surface area (Å²) < 4.78 is 0. The highest BCUT2D eigenvalue weighted by molar-refractivity contribution is 6.08. The molecule has 1 aromatic rings. The molecule has 0 saturated carbocycles. The van der Waals surface area contributed by atoms with Gasteiger partial charge in [-0.25, -0.2) is 0 Å². The van der Waals surface area contributed by atoms with Crippen LogP contribution in [0.2, 0.25) is 0 Å². The number of carboxylic acids is 1. The molecule has 0 aromatic heterocycles. The summed E-state index contributed by atoms with van der Waals surface area (Å²) in [5.41, 5.74) is 0.401. The number of aliphatic carboxylic acids is 1. The van der Waals surface area contributed by atoms with Crippen LogP contribution >= 0.6 is 0 Å². The summed E-state index contributed by atoms with van der Waals surface area (Å²) in [6, 6.07) is 5.16. The summed E-state index contributed by atoms with van der Waals surface area (Å²) in [4.78, 5) is 38.0. The van der Waals surface area contributed by atoms with Gasteiger partial charge in [-0.15, -0.1) is 0 Å². The van der Waals surface area contributed by atoms with Crippen LogP contribution < -0.4 is 10.2 Å². The fraction of sp³-hybridized carbons (Fsp3) is 0.526. The zero-order valence-electron chi connectivity index (χ0n) is 15.5. The van der Waals surface area contributed by atoms with E-state index in [4.69, 9.17) is 0 Å². The topological polar surface area (TPSA) is 86.7 Å². The quantitative estimate of drug-likeness (QED) is 0.829. The minimum atomic E-state index is -0.957. The molecule has 0 bridgehead atoms. The van der Waals surface area contributed by atoms with Crippen LogP contribution in [0.1, 0.15) is 56.5 Å². The summed E-state index contributed by atoms with van der Waals surface area (Å²) in [6.45, 7) is 7.37. The van der Waals surface area contributed by atoms with Gasteiger partial charge in [-0.2, -0.15) is 0 Å². The summed E-state index contributed by atoms with van der Waals surface area (Å²) in [6.07, 6.45) is 0.880. The second-order valence-corrected chi connectivity index (χ2v) is 7.20. The fourth-order valence-electron chi connectivity index (χ4n) is 3.34. The molecule has 2 rings (SSSR count). The molecule has 0 radical (unpaired) electrons. The van der Waals surface area contributed by atoms with Crippen molar-refractivity contribution in [3.05, 3.63) is 29.3 Å². The number of benzene rings is 1. The first-order chi connectivity index (χ1) is 11.6. The molecule has 1 aliphatic heterocycles. The normalized spacial score (nSPS) is 15.9. The lowest BCUT2D eigenvalue weighted by molar-refractivity contribution is -0.149.